The second kappa shape index (κ2) is 5.25. The summed E-state index contributed by atoms with van der Waals surface area (Å²) in [6.45, 7) is 0. The van der Waals surface area contributed by atoms with E-state index in [4.69, 9.17) is 14.7 Å². The summed E-state index contributed by atoms with van der Waals surface area (Å²) in [4.78, 5) is 16.7. The molecule has 0 spiro atoms. The number of fused-ring (bicyclic) bond motifs is 2. The zero-order valence-corrected chi connectivity index (χ0v) is 12.7. The molecule has 0 amide bonds. The van der Waals surface area contributed by atoms with E-state index in [0.29, 0.717) is 34.0 Å². The van der Waals surface area contributed by atoms with Gasteiger partial charge in [-0.3, -0.25) is 9.20 Å². The van der Waals surface area contributed by atoms with Gasteiger partial charge in [-0.25, -0.2) is 4.98 Å². The number of carbonyl (C=O) groups excluding carboxylic acids is 1. The van der Waals surface area contributed by atoms with Crippen LogP contribution >= 0.6 is 0 Å². The van der Waals surface area contributed by atoms with E-state index >= 15 is 0 Å². The molecule has 0 N–H and O–H groups in total. The molecule has 6 nitrogen and oxygen atoms in total. The number of benzene rings is 1. The number of pyridine rings is 1. The highest BCUT2D eigenvalue weighted by atomic mass is 16.5. The van der Waals surface area contributed by atoms with Crippen LogP contribution in [0.3, 0.4) is 0 Å². The lowest BCUT2D eigenvalue weighted by Gasteiger charge is -2.01. The minimum absolute atomic E-state index is 0.195. The van der Waals surface area contributed by atoms with Gasteiger partial charge in [0.15, 0.2) is 5.76 Å². The summed E-state index contributed by atoms with van der Waals surface area (Å²) < 4.78 is 12.6. The van der Waals surface area contributed by atoms with Crippen molar-refractivity contribution in [2.75, 3.05) is 7.11 Å². The number of hydrogen-bond donors (Lipinski definition) is 0. The Morgan fingerprint density at radius 2 is 2.21 bits per heavy atom. The number of rotatable bonds is 2. The molecule has 0 fully saturated rings. The third-order valence-electron chi connectivity index (χ3n) is 3.82. The highest BCUT2D eigenvalue weighted by Crippen LogP contribution is 2.34. The van der Waals surface area contributed by atoms with Crippen LogP contribution in [0.15, 0.2) is 48.5 Å². The highest BCUT2D eigenvalue weighted by molar-refractivity contribution is 6.14. The molecule has 1 aliphatic rings. The van der Waals surface area contributed by atoms with Gasteiger partial charge < -0.3 is 9.47 Å². The zero-order valence-electron chi connectivity index (χ0n) is 12.7. The summed E-state index contributed by atoms with van der Waals surface area (Å²) in [7, 11) is 1.56. The van der Waals surface area contributed by atoms with Crippen molar-refractivity contribution in [1.82, 2.24) is 9.38 Å². The standard InChI is InChI=1S/C18H11N3O3/c1-23-13-3-4-14-15(7-13)24-16(18(14)22)6-12-9-20-17-5-2-11(8-19)10-21(12)17/h2-7,9-10H,1H3. The molecule has 0 unspecified atom stereocenters. The second-order valence-electron chi connectivity index (χ2n) is 5.24. The molecule has 0 bridgehead atoms. The van der Waals surface area contributed by atoms with Crippen LogP contribution < -0.4 is 9.47 Å². The molecule has 116 valence electrons. The number of aromatic nitrogens is 2. The first-order valence-corrected chi connectivity index (χ1v) is 7.19. The molecular formula is C18H11N3O3. The van der Waals surface area contributed by atoms with Crippen molar-refractivity contribution in [3.63, 3.8) is 0 Å². The third-order valence-corrected chi connectivity index (χ3v) is 3.82. The molecule has 0 atom stereocenters. The normalized spacial score (nSPS) is 14.5. The Bertz CT molecular complexity index is 1060. The van der Waals surface area contributed by atoms with Crippen molar-refractivity contribution in [3.8, 4) is 17.6 Å². The van der Waals surface area contributed by atoms with E-state index in [-0.39, 0.29) is 11.5 Å². The van der Waals surface area contributed by atoms with Crippen LogP contribution in [0.2, 0.25) is 0 Å². The van der Waals surface area contributed by atoms with Crippen LogP contribution in [-0.4, -0.2) is 22.3 Å². The summed E-state index contributed by atoms with van der Waals surface area (Å²) in [5, 5.41) is 9.03. The molecule has 6 heteroatoms. The van der Waals surface area contributed by atoms with Gasteiger partial charge in [-0.05, 0) is 24.3 Å². The fourth-order valence-corrected chi connectivity index (χ4v) is 2.60. The lowest BCUT2D eigenvalue weighted by Crippen LogP contribution is -1.99. The molecule has 3 heterocycles. The third kappa shape index (κ3) is 2.11. The van der Waals surface area contributed by atoms with Crippen molar-refractivity contribution in [3.05, 3.63) is 65.3 Å². The minimum Gasteiger partial charge on any atom is -0.497 e. The summed E-state index contributed by atoms with van der Waals surface area (Å²) in [5.41, 5.74) is 2.34. The van der Waals surface area contributed by atoms with E-state index in [1.165, 1.54) is 0 Å². The van der Waals surface area contributed by atoms with E-state index in [1.807, 2.05) is 0 Å². The maximum Gasteiger partial charge on any atom is 0.232 e. The predicted octanol–water partition coefficient (Wildman–Crippen LogP) is 2.83. The Hall–Kier alpha value is -3.59. The molecule has 0 radical (unpaired) electrons. The number of methoxy groups -OCH3 is 1. The van der Waals surface area contributed by atoms with Crippen molar-refractivity contribution < 1.29 is 14.3 Å². The first-order chi connectivity index (χ1) is 11.7. The Balaban J connectivity index is 1.77. The number of ketones is 1. The Morgan fingerprint density at radius 3 is 3.00 bits per heavy atom. The topological polar surface area (TPSA) is 76.6 Å². The van der Waals surface area contributed by atoms with E-state index in [2.05, 4.69) is 11.1 Å². The first kappa shape index (κ1) is 14.0. The van der Waals surface area contributed by atoms with Gasteiger partial charge in [0.1, 0.15) is 23.2 Å². The monoisotopic (exact) mass is 317 g/mol. The smallest absolute Gasteiger partial charge is 0.232 e. The van der Waals surface area contributed by atoms with Gasteiger partial charge in [0.2, 0.25) is 5.78 Å². The van der Waals surface area contributed by atoms with Gasteiger partial charge >= 0.3 is 0 Å². The van der Waals surface area contributed by atoms with Gasteiger partial charge in [-0.15, -0.1) is 0 Å². The molecular weight excluding hydrogens is 306 g/mol. The van der Waals surface area contributed by atoms with Gasteiger partial charge in [-0.1, -0.05) is 0 Å². The SMILES string of the molecule is COc1ccc2c(c1)OC(=Cc1cnc3ccc(C#N)cn13)C2=O. The number of imidazole rings is 1. The van der Waals surface area contributed by atoms with Crippen LogP contribution in [0.1, 0.15) is 21.6 Å². The maximum absolute atomic E-state index is 12.5. The van der Waals surface area contributed by atoms with E-state index in [9.17, 15) is 4.79 Å². The molecule has 2 aromatic heterocycles. The van der Waals surface area contributed by atoms with Gasteiger partial charge in [0, 0.05) is 18.3 Å². The molecule has 24 heavy (non-hydrogen) atoms. The molecule has 0 saturated heterocycles. The van der Waals surface area contributed by atoms with Crippen LogP contribution in [0.4, 0.5) is 0 Å². The molecule has 1 aliphatic heterocycles. The number of nitriles is 1. The van der Waals surface area contributed by atoms with E-state index < -0.39 is 0 Å². The van der Waals surface area contributed by atoms with Gasteiger partial charge in [0.05, 0.1) is 30.1 Å². The highest BCUT2D eigenvalue weighted by Gasteiger charge is 2.28. The Labute approximate surface area is 137 Å². The summed E-state index contributed by atoms with van der Waals surface area (Å²) in [6.07, 6.45) is 4.92. The van der Waals surface area contributed by atoms with Crippen molar-refractivity contribution in [2.24, 2.45) is 0 Å². The number of Topliss-reactive ketones (excluding diaryl/α,β-unsaturated/α-hetero) is 1. The zero-order chi connectivity index (χ0) is 16.7. The van der Waals surface area contributed by atoms with E-state index in [0.717, 1.165) is 0 Å². The summed E-state index contributed by atoms with van der Waals surface area (Å²) >= 11 is 0. The summed E-state index contributed by atoms with van der Waals surface area (Å²) in [5.74, 6) is 1.11. The lowest BCUT2D eigenvalue weighted by atomic mass is 10.1. The second-order valence-corrected chi connectivity index (χ2v) is 5.24. The fraction of sp³-hybridized carbons (Fsp3) is 0.0556. The summed E-state index contributed by atoms with van der Waals surface area (Å²) in [6, 6.07) is 10.6. The van der Waals surface area contributed by atoms with Gasteiger partial charge in [0.25, 0.3) is 0 Å². The first-order valence-electron chi connectivity index (χ1n) is 7.19. The average molecular weight is 317 g/mol. The molecule has 4 rings (SSSR count). The average Bonchev–Trinajstić information content (AvgIpc) is 3.16. The molecule has 3 aromatic rings. The van der Waals surface area contributed by atoms with Crippen molar-refractivity contribution >= 4 is 17.5 Å². The number of carbonyl (C=O) groups is 1. The predicted molar refractivity (Wildman–Crippen MR) is 85.8 cm³/mol. The van der Waals surface area contributed by atoms with Gasteiger partial charge in [-0.2, -0.15) is 5.26 Å². The Morgan fingerprint density at radius 1 is 1.33 bits per heavy atom. The number of hydrogen-bond acceptors (Lipinski definition) is 5. The fourth-order valence-electron chi connectivity index (χ4n) is 2.60. The van der Waals surface area contributed by atoms with Crippen LogP contribution in [0.25, 0.3) is 11.7 Å². The Kier molecular flexibility index (Phi) is 3.07. The quantitative estimate of drug-likeness (QED) is 0.679. The molecule has 1 aromatic carbocycles. The van der Waals surface area contributed by atoms with Crippen LogP contribution in [0.5, 0.6) is 11.5 Å². The number of ether oxygens (including phenoxy) is 2. The molecule has 0 aliphatic carbocycles. The lowest BCUT2D eigenvalue weighted by molar-refractivity contribution is 0.101. The van der Waals surface area contributed by atoms with E-state index in [1.54, 1.807) is 60.3 Å². The van der Waals surface area contributed by atoms with Crippen LogP contribution in [-0.2, 0) is 0 Å². The van der Waals surface area contributed by atoms with Crippen molar-refractivity contribution in [2.45, 2.75) is 0 Å². The number of nitrogens with zero attached hydrogens (tertiary/aromatic N) is 3. The largest absolute Gasteiger partial charge is 0.497 e. The van der Waals surface area contributed by atoms with Crippen LogP contribution in [0, 0.1) is 11.3 Å². The maximum atomic E-state index is 12.5. The van der Waals surface area contributed by atoms with Crippen molar-refractivity contribution in [1.29, 1.82) is 5.26 Å². The molecule has 0 saturated carbocycles. The minimum atomic E-state index is -0.195. The number of allylic oxidation sites excluding steroid dienone is 1.